The molecule has 0 spiro atoms. The molecule has 0 radical (unpaired) electrons. The molecule has 0 bridgehead atoms. The number of ether oxygens (including phenoxy) is 1. The van der Waals surface area contributed by atoms with Crippen molar-refractivity contribution in [3.63, 3.8) is 0 Å². The number of benzene rings is 1. The number of guanidine groups is 1. The molecular formula is C17H26FN3OS. The average molecular weight is 339 g/mol. The predicted molar refractivity (Wildman–Crippen MR) is 95.4 cm³/mol. The molecule has 1 saturated heterocycles. The van der Waals surface area contributed by atoms with E-state index in [-0.39, 0.29) is 12.4 Å². The first-order valence-electron chi connectivity index (χ1n) is 8.01. The van der Waals surface area contributed by atoms with Gasteiger partial charge in [0, 0.05) is 50.4 Å². The summed E-state index contributed by atoms with van der Waals surface area (Å²) in [6.07, 6.45) is 1.18. The van der Waals surface area contributed by atoms with Crippen molar-refractivity contribution >= 4 is 17.7 Å². The summed E-state index contributed by atoms with van der Waals surface area (Å²) in [5.74, 6) is 1.83. The third kappa shape index (κ3) is 5.11. The van der Waals surface area contributed by atoms with E-state index in [9.17, 15) is 4.39 Å². The van der Waals surface area contributed by atoms with Crippen molar-refractivity contribution in [1.29, 1.82) is 0 Å². The van der Waals surface area contributed by atoms with Crippen LogP contribution in [-0.2, 0) is 17.9 Å². The summed E-state index contributed by atoms with van der Waals surface area (Å²) in [5.41, 5.74) is 1.61. The average Bonchev–Trinajstić information content (AvgIpc) is 2.58. The van der Waals surface area contributed by atoms with Gasteiger partial charge in [0.25, 0.3) is 0 Å². The predicted octanol–water partition coefficient (Wildman–Crippen LogP) is 2.87. The van der Waals surface area contributed by atoms with E-state index >= 15 is 0 Å². The Morgan fingerprint density at radius 3 is 3.04 bits per heavy atom. The van der Waals surface area contributed by atoms with Gasteiger partial charge in [-0.15, -0.1) is 0 Å². The van der Waals surface area contributed by atoms with Gasteiger partial charge in [0.05, 0.1) is 6.61 Å². The topological polar surface area (TPSA) is 36.9 Å². The zero-order valence-corrected chi connectivity index (χ0v) is 15.0. The van der Waals surface area contributed by atoms with Gasteiger partial charge in [-0.3, -0.25) is 4.99 Å². The van der Waals surface area contributed by atoms with Gasteiger partial charge in [-0.25, -0.2) is 4.39 Å². The SMILES string of the molecule is CCC1CN(C(=NC)NCc2ccc(F)c(COC)c2)CCS1. The summed E-state index contributed by atoms with van der Waals surface area (Å²) >= 11 is 2.04. The van der Waals surface area contributed by atoms with Crippen LogP contribution in [0.4, 0.5) is 4.39 Å². The van der Waals surface area contributed by atoms with Crippen molar-refractivity contribution in [3.05, 3.63) is 35.1 Å². The first kappa shape index (κ1) is 18.1. The first-order valence-corrected chi connectivity index (χ1v) is 9.06. The number of rotatable bonds is 5. The number of thioether (sulfide) groups is 1. The van der Waals surface area contributed by atoms with Crippen molar-refractivity contribution < 1.29 is 9.13 Å². The Balaban J connectivity index is 1.96. The monoisotopic (exact) mass is 339 g/mol. The van der Waals surface area contributed by atoms with E-state index in [2.05, 4.69) is 22.1 Å². The van der Waals surface area contributed by atoms with Crippen molar-refractivity contribution in [2.45, 2.75) is 31.7 Å². The molecular weight excluding hydrogens is 313 g/mol. The van der Waals surface area contributed by atoms with Gasteiger partial charge in [-0.1, -0.05) is 13.0 Å². The van der Waals surface area contributed by atoms with E-state index in [0.717, 1.165) is 30.4 Å². The van der Waals surface area contributed by atoms with Gasteiger partial charge in [-0.2, -0.15) is 11.8 Å². The van der Waals surface area contributed by atoms with Crippen LogP contribution in [0.1, 0.15) is 24.5 Å². The molecule has 6 heteroatoms. The summed E-state index contributed by atoms with van der Waals surface area (Å²) in [4.78, 5) is 6.71. The van der Waals surface area contributed by atoms with E-state index in [4.69, 9.17) is 4.74 Å². The van der Waals surface area contributed by atoms with Crippen LogP contribution >= 0.6 is 11.8 Å². The molecule has 1 fully saturated rings. The second-order valence-electron chi connectivity index (χ2n) is 5.61. The van der Waals surface area contributed by atoms with Gasteiger partial charge in [0.1, 0.15) is 5.82 Å². The summed E-state index contributed by atoms with van der Waals surface area (Å²) in [5, 5.41) is 4.06. The maximum atomic E-state index is 13.7. The molecule has 1 heterocycles. The molecule has 1 N–H and O–H groups in total. The van der Waals surface area contributed by atoms with Crippen LogP contribution in [0.3, 0.4) is 0 Å². The largest absolute Gasteiger partial charge is 0.380 e. The van der Waals surface area contributed by atoms with Gasteiger partial charge in [-0.05, 0) is 24.1 Å². The highest BCUT2D eigenvalue weighted by Crippen LogP contribution is 2.21. The highest BCUT2D eigenvalue weighted by Gasteiger charge is 2.21. The van der Waals surface area contributed by atoms with Gasteiger partial charge >= 0.3 is 0 Å². The Morgan fingerprint density at radius 2 is 2.35 bits per heavy atom. The Labute approximate surface area is 142 Å². The fourth-order valence-corrected chi connectivity index (χ4v) is 3.86. The number of methoxy groups -OCH3 is 1. The number of hydrogen-bond donors (Lipinski definition) is 1. The van der Waals surface area contributed by atoms with Crippen molar-refractivity contribution in [3.8, 4) is 0 Å². The lowest BCUT2D eigenvalue weighted by Crippen LogP contribution is -2.47. The van der Waals surface area contributed by atoms with Gasteiger partial charge in [0.2, 0.25) is 0 Å². The summed E-state index contributed by atoms with van der Waals surface area (Å²) < 4.78 is 18.7. The fraction of sp³-hybridized carbons (Fsp3) is 0.588. The number of halogens is 1. The maximum absolute atomic E-state index is 13.7. The lowest BCUT2D eigenvalue weighted by atomic mass is 10.1. The fourth-order valence-electron chi connectivity index (χ4n) is 2.68. The number of nitrogens with one attached hydrogen (secondary N) is 1. The quantitative estimate of drug-likeness (QED) is 0.661. The zero-order chi connectivity index (χ0) is 16.7. The van der Waals surface area contributed by atoms with Crippen LogP contribution in [0.2, 0.25) is 0 Å². The van der Waals surface area contributed by atoms with Crippen LogP contribution in [-0.4, -0.2) is 49.1 Å². The molecule has 2 rings (SSSR count). The number of aliphatic imine (C=N–C) groups is 1. The lowest BCUT2D eigenvalue weighted by Gasteiger charge is -2.34. The smallest absolute Gasteiger partial charge is 0.193 e. The molecule has 1 aromatic rings. The van der Waals surface area contributed by atoms with Crippen LogP contribution in [0, 0.1) is 5.82 Å². The molecule has 23 heavy (non-hydrogen) atoms. The Kier molecular flexibility index (Phi) is 7.17. The van der Waals surface area contributed by atoms with Crippen LogP contribution in [0.5, 0.6) is 0 Å². The van der Waals surface area contributed by atoms with E-state index in [1.54, 1.807) is 13.2 Å². The van der Waals surface area contributed by atoms with Crippen LogP contribution in [0.15, 0.2) is 23.2 Å². The zero-order valence-electron chi connectivity index (χ0n) is 14.1. The molecule has 1 aliphatic heterocycles. The summed E-state index contributed by atoms with van der Waals surface area (Å²) in [7, 11) is 3.39. The molecule has 4 nitrogen and oxygen atoms in total. The van der Waals surface area contributed by atoms with E-state index in [0.29, 0.717) is 17.4 Å². The maximum Gasteiger partial charge on any atom is 0.193 e. The van der Waals surface area contributed by atoms with Gasteiger partial charge in [0.15, 0.2) is 5.96 Å². The minimum absolute atomic E-state index is 0.223. The van der Waals surface area contributed by atoms with E-state index in [1.165, 1.54) is 12.5 Å². The third-order valence-corrected chi connectivity index (χ3v) is 5.34. The van der Waals surface area contributed by atoms with Crippen LogP contribution < -0.4 is 5.32 Å². The molecule has 0 amide bonds. The van der Waals surface area contributed by atoms with Crippen LogP contribution in [0.25, 0.3) is 0 Å². The van der Waals surface area contributed by atoms with E-state index in [1.807, 2.05) is 24.9 Å². The molecule has 1 atom stereocenters. The summed E-state index contributed by atoms with van der Waals surface area (Å²) in [6.45, 7) is 5.19. The van der Waals surface area contributed by atoms with Crippen molar-refractivity contribution in [2.75, 3.05) is 33.0 Å². The van der Waals surface area contributed by atoms with E-state index < -0.39 is 0 Å². The van der Waals surface area contributed by atoms with Crippen molar-refractivity contribution in [2.24, 2.45) is 4.99 Å². The molecule has 1 aromatic carbocycles. The minimum Gasteiger partial charge on any atom is -0.380 e. The Hall–Kier alpha value is -1.27. The molecule has 0 saturated carbocycles. The second-order valence-corrected chi connectivity index (χ2v) is 7.01. The van der Waals surface area contributed by atoms with Crippen molar-refractivity contribution in [1.82, 2.24) is 10.2 Å². The highest BCUT2D eigenvalue weighted by molar-refractivity contribution is 8.00. The molecule has 1 aliphatic rings. The molecule has 128 valence electrons. The molecule has 1 unspecified atom stereocenters. The normalized spacial score (nSPS) is 19.0. The highest BCUT2D eigenvalue weighted by atomic mass is 32.2. The molecule has 0 aromatic heterocycles. The first-order chi connectivity index (χ1) is 11.2. The standard InChI is InChI=1S/C17H26FN3OS/c1-4-15-11-21(7-8-23-15)17(19-2)20-10-13-5-6-16(18)14(9-13)12-22-3/h5-6,9,15H,4,7-8,10-12H2,1-3H3,(H,19,20). The van der Waals surface area contributed by atoms with Gasteiger partial charge < -0.3 is 15.0 Å². The Bertz CT molecular complexity index is 539. The lowest BCUT2D eigenvalue weighted by molar-refractivity contribution is 0.181. The summed E-state index contributed by atoms with van der Waals surface area (Å²) in [6, 6.07) is 5.15. The Morgan fingerprint density at radius 1 is 1.52 bits per heavy atom. The number of nitrogens with zero attached hydrogens (tertiary/aromatic N) is 2. The molecule has 0 aliphatic carbocycles. The number of hydrogen-bond acceptors (Lipinski definition) is 3. The second kappa shape index (κ2) is 9.13. The third-order valence-electron chi connectivity index (χ3n) is 3.97. The minimum atomic E-state index is -0.223.